The number of nitrogens with one attached hydrogen (secondary N) is 1. The quantitative estimate of drug-likeness (QED) is 0.589. The van der Waals surface area contributed by atoms with E-state index in [-0.39, 0.29) is 0 Å². The molecule has 1 aliphatic heterocycles. The van der Waals surface area contributed by atoms with E-state index in [0.29, 0.717) is 0 Å². The Morgan fingerprint density at radius 2 is 1.96 bits per heavy atom. The van der Waals surface area contributed by atoms with Crippen molar-refractivity contribution in [3.05, 3.63) is 83.3 Å². The van der Waals surface area contributed by atoms with Gasteiger partial charge in [-0.2, -0.15) is 0 Å². The van der Waals surface area contributed by atoms with Crippen molar-refractivity contribution in [1.29, 1.82) is 0 Å². The molecule has 0 atom stereocenters. The Hall–Kier alpha value is -2.98. The highest BCUT2D eigenvalue weighted by molar-refractivity contribution is 5.82. The summed E-state index contributed by atoms with van der Waals surface area (Å²) in [6, 6.07) is 17.1. The minimum Gasteiger partial charge on any atom is -0.361 e. The van der Waals surface area contributed by atoms with Crippen LogP contribution in [0.5, 0.6) is 0 Å². The number of benzene rings is 2. The zero-order chi connectivity index (χ0) is 18.2. The molecule has 0 radical (unpaired) electrons. The normalized spacial score (nSPS) is 14.4. The van der Waals surface area contributed by atoms with E-state index in [4.69, 9.17) is 4.98 Å². The van der Waals surface area contributed by atoms with Crippen molar-refractivity contribution in [3.8, 4) is 11.4 Å². The van der Waals surface area contributed by atoms with Gasteiger partial charge in [-0.1, -0.05) is 42.0 Å². The minimum absolute atomic E-state index is 0.823. The van der Waals surface area contributed by atoms with Crippen molar-refractivity contribution in [2.75, 3.05) is 6.54 Å². The lowest BCUT2D eigenvalue weighted by Crippen LogP contribution is -2.31. The number of aromatic amines is 1. The second-order valence-electron chi connectivity index (χ2n) is 7.35. The summed E-state index contributed by atoms with van der Waals surface area (Å²) in [6.07, 6.45) is 5.04. The number of hydrogen-bond donors (Lipinski definition) is 1. The molecular formula is C23H22N4. The molecule has 0 unspecified atom stereocenters. The lowest BCUT2D eigenvalue weighted by atomic mass is 10.0. The van der Waals surface area contributed by atoms with Gasteiger partial charge in [0.25, 0.3) is 0 Å². The van der Waals surface area contributed by atoms with Crippen LogP contribution in [0.15, 0.2) is 60.9 Å². The maximum Gasteiger partial charge on any atom is 0.159 e. The summed E-state index contributed by atoms with van der Waals surface area (Å²) in [7, 11) is 0. The molecular weight excluding hydrogens is 332 g/mol. The van der Waals surface area contributed by atoms with Crippen LogP contribution in [0.4, 0.5) is 0 Å². The number of nitrogens with zero attached hydrogens (tertiary/aromatic N) is 3. The van der Waals surface area contributed by atoms with Gasteiger partial charge in [0.05, 0.1) is 5.69 Å². The molecule has 27 heavy (non-hydrogen) atoms. The van der Waals surface area contributed by atoms with Gasteiger partial charge in [-0.3, -0.25) is 4.90 Å². The van der Waals surface area contributed by atoms with Crippen LogP contribution >= 0.6 is 0 Å². The number of hydrogen-bond acceptors (Lipinski definition) is 3. The Balaban J connectivity index is 1.41. The smallest absolute Gasteiger partial charge is 0.159 e. The van der Waals surface area contributed by atoms with Crippen molar-refractivity contribution in [2.24, 2.45) is 0 Å². The largest absolute Gasteiger partial charge is 0.361 e. The van der Waals surface area contributed by atoms with Crippen molar-refractivity contribution in [2.45, 2.75) is 26.4 Å². The van der Waals surface area contributed by atoms with Gasteiger partial charge in [0, 0.05) is 48.5 Å². The molecule has 4 heteroatoms. The molecule has 1 N–H and O–H groups in total. The first-order valence-electron chi connectivity index (χ1n) is 9.45. The zero-order valence-corrected chi connectivity index (χ0v) is 15.4. The zero-order valence-electron chi connectivity index (χ0n) is 15.4. The second kappa shape index (κ2) is 6.63. The number of fused-ring (bicyclic) bond motifs is 2. The van der Waals surface area contributed by atoms with Crippen LogP contribution in [0.2, 0.25) is 0 Å². The van der Waals surface area contributed by atoms with Gasteiger partial charge in [0.2, 0.25) is 0 Å². The number of rotatable bonds is 3. The molecule has 0 amide bonds. The van der Waals surface area contributed by atoms with Crippen LogP contribution in [0.3, 0.4) is 0 Å². The van der Waals surface area contributed by atoms with Crippen molar-refractivity contribution in [3.63, 3.8) is 0 Å². The van der Waals surface area contributed by atoms with Gasteiger partial charge in [-0.15, -0.1) is 0 Å². The molecule has 4 nitrogen and oxygen atoms in total. The first kappa shape index (κ1) is 16.2. The van der Waals surface area contributed by atoms with Crippen LogP contribution in [-0.4, -0.2) is 26.4 Å². The van der Waals surface area contributed by atoms with E-state index in [2.05, 4.69) is 70.3 Å². The van der Waals surface area contributed by atoms with Gasteiger partial charge in [0.1, 0.15) is 0 Å². The second-order valence-corrected chi connectivity index (χ2v) is 7.35. The van der Waals surface area contributed by atoms with E-state index >= 15 is 0 Å². The third-order valence-electron chi connectivity index (χ3n) is 5.41. The first-order valence-corrected chi connectivity index (χ1v) is 9.45. The molecule has 4 aromatic rings. The summed E-state index contributed by atoms with van der Waals surface area (Å²) in [5.74, 6) is 0.823. The van der Waals surface area contributed by atoms with E-state index in [9.17, 15) is 0 Å². The molecule has 0 spiro atoms. The number of aryl methyl sites for hydroxylation is 1. The molecule has 134 valence electrons. The summed E-state index contributed by atoms with van der Waals surface area (Å²) in [5.41, 5.74) is 7.34. The van der Waals surface area contributed by atoms with Crippen molar-refractivity contribution in [1.82, 2.24) is 19.9 Å². The fraction of sp³-hybridized carbons (Fsp3) is 0.217. The van der Waals surface area contributed by atoms with Gasteiger partial charge in [0.15, 0.2) is 5.82 Å². The summed E-state index contributed by atoms with van der Waals surface area (Å²) >= 11 is 0. The van der Waals surface area contributed by atoms with Gasteiger partial charge < -0.3 is 4.98 Å². The van der Waals surface area contributed by atoms with Gasteiger partial charge in [-0.25, -0.2) is 9.97 Å². The van der Waals surface area contributed by atoms with Gasteiger partial charge in [-0.05, 0) is 36.6 Å². The Labute approximate surface area is 158 Å². The maximum absolute atomic E-state index is 4.90. The topological polar surface area (TPSA) is 44.8 Å². The molecule has 5 rings (SSSR count). The lowest BCUT2D eigenvalue weighted by Gasteiger charge is -2.28. The third kappa shape index (κ3) is 3.13. The third-order valence-corrected chi connectivity index (χ3v) is 5.41. The fourth-order valence-electron chi connectivity index (χ4n) is 3.86. The van der Waals surface area contributed by atoms with Crippen LogP contribution in [0, 0.1) is 6.92 Å². The van der Waals surface area contributed by atoms with Crippen LogP contribution in [0.25, 0.3) is 22.3 Å². The molecule has 0 fully saturated rings. The maximum atomic E-state index is 4.90. The number of H-pyrrole nitrogens is 1. The molecule has 0 aliphatic carbocycles. The predicted molar refractivity (Wildman–Crippen MR) is 108 cm³/mol. The molecule has 3 heterocycles. The summed E-state index contributed by atoms with van der Waals surface area (Å²) in [5, 5.41) is 1.31. The molecule has 2 aromatic carbocycles. The first-order chi connectivity index (χ1) is 13.3. The fourth-order valence-corrected chi connectivity index (χ4v) is 3.86. The van der Waals surface area contributed by atoms with Crippen LogP contribution < -0.4 is 0 Å². The lowest BCUT2D eigenvalue weighted by molar-refractivity contribution is 0.242. The Morgan fingerprint density at radius 3 is 2.85 bits per heavy atom. The highest BCUT2D eigenvalue weighted by Gasteiger charge is 2.19. The SMILES string of the molecule is Cc1ccc(-c2ncc3c(n2)CN(Cc2cccc4[nH]ccc24)CC3)cc1. The molecule has 0 bridgehead atoms. The van der Waals surface area contributed by atoms with Crippen LogP contribution in [-0.2, 0) is 19.5 Å². The Kier molecular flexibility index (Phi) is 3.98. The average Bonchev–Trinajstić information content (AvgIpc) is 3.18. The average molecular weight is 354 g/mol. The van der Waals surface area contributed by atoms with E-state index in [1.165, 1.54) is 27.6 Å². The summed E-state index contributed by atoms with van der Waals surface area (Å²) < 4.78 is 0. The minimum atomic E-state index is 0.823. The molecule has 0 saturated heterocycles. The monoisotopic (exact) mass is 354 g/mol. The molecule has 2 aromatic heterocycles. The van der Waals surface area contributed by atoms with E-state index < -0.39 is 0 Å². The van der Waals surface area contributed by atoms with Gasteiger partial charge >= 0.3 is 0 Å². The van der Waals surface area contributed by atoms with Crippen molar-refractivity contribution < 1.29 is 0 Å². The molecule has 1 aliphatic rings. The van der Waals surface area contributed by atoms with E-state index in [0.717, 1.165) is 43.1 Å². The van der Waals surface area contributed by atoms with E-state index in [1.54, 1.807) is 0 Å². The highest BCUT2D eigenvalue weighted by Crippen LogP contribution is 2.24. The van der Waals surface area contributed by atoms with E-state index in [1.807, 2.05) is 12.4 Å². The highest BCUT2D eigenvalue weighted by atomic mass is 15.1. The standard InChI is InChI=1S/C23H22N4/c1-16-5-7-17(8-6-16)23-25-13-18-10-12-27(15-22(18)26-23)14-19-3-2-4-21-20(19)9-11-24-21/h2-9,11,13,24H,10,12,14-15H2,1H3. The summed E-state index contributed by atoms with van der Waals surface area (Å²) in [6.45, 7) is 4.96. The Bertz CT molecular complexity index is 1100. The van der Waals surface area contributed by atoms with Crippen LogP contribution in [0.1, 0.15) is 22.4 Å². The number of aromatic nitrogens is 3. The summed E-state index contributed by atoms with van der Waals surface area (Å²) in [4.78, 5) is 15.3. The predicted octanol–water partition coefficient (Wildman–Crippen LogP) is 4.49. The van der Waals surface area contributed by atoms with Crippen molar-refractivity contribution >= 4 is 10.9 Å². The molecule has 0 saturated carbocycles. The Morgan fingerprint density at radius 1 is 1.07 bits per heavy atom.